The maximum absolute atomic E-state index is 6.67. The first-order valence-electron chi connectivity index (χ1n) is 10.4. The van der Waals surface area contributed by atoms with Gasteiger partial charge in [-0.2, -0.15) is 5.10 Å². The number of hydrazone groups is 1. The maximum Gasteiger partial charge on any atom is 0.250 e. The van der Waals surface area contributed by atoms with Crippen LogP contribution in [-0.4, -0.2) is 45.8 Å². The quantitative estimate of drug-likeness (QED) is 0.416. The Kier molecular flexibility index (Phi) is 7.37. The summed E-state index contributed by atoms with van der Waals surface area (Å²) in [5.41, 5.74) is 0. The molecule has 5 heteroatoms. The van der Waals surface area contributed by atoms with Crippen molar-refractivity contribution < 1.29 is 9.16 Å². The van der Waals surface area contributed by atoms with Gasteiger partial charge in [-0.25, -0.2) is 0 Å². The minimum Gasteiger partial charge on any atom is -0.547 e. The molecule has 0 radical (unpaired) electrons. The summed E-state index contributed by atoms with van der Waals surface area (Å²) in [7, 11) is -0.0452. The number of hydrogen-bond acceptors (Lipinski definition) is 4. The molecule has 1 aliphatic carbocycles. The van der Waals surface area contributed by atoms with E-state index < -0.39 is 8.32 Å². The Labute approximate surface area is 162 Å². The van der Waals surface area contributed by atoms with Gasteiger partial charge in [0.05, 0.1) is 18.4 Å². The lowest BCUT2D eigenvalue weighted by molar-refractivity contribution is 0.118. The molecule has 1 heterocycles. The number of methoxy groups -OCH3 is 1. The Morgan fingerprint density at radius 3 is 2.69 bits per heavy atom. The topological polar surface area (TPSA) is 34.1 Å². The number of allylic oxidation sites excluding steroid dienone is 2. The maximum atomic E-state index is 6.67. The first-order valence-corrected chi connectivity index (χ1v) is 13.3. The van der Waals surface area contributed by atoms with Crippen molar-refractivity contribution in [1.29, 1.82) is 0 Å². The molecule has 0 saturated carbocycles. The van der Waals surface area contributed by atoms with E-state index in [9.17, 15) is 0 Å². The van der Waals surface area contributed by atoms with Gasteiger partial charge in [0, 0.05) is 32.2 Å². The van der Waals surface area contributed by atoms with Gasteiger partial charge < -0.3 is 9.16 Å². The minimum atomic E-state index is -1.82. The van der Waals surface area contributed by atoms with Gasteiger partial charge in [-0.05, 0) is 55.8 Å². The van der Waals surface area contributed by atoms with E-state index >= 15 is 0 Å². The zero-order chi connectivity index (χ0) is 19.4. The highest BCUT2D eigenvalue weighted by Gasteiger charge is 2.45. The number of hydrogen-bond donors (Lipinski definition) is 0. The van der Waals surface area contributed by atoms with Crippen LogP contribution in [0.25, 0.3) is 0 Å². The highest BCUT2D eigenvalue weighted by Crippen LogP contribution is 2.46. The van der Waals surface area contributed by atoms with E-state index in [1.165, 1.54) is 31.4 Å². The SMILES string of the molecule is COC[C@@H]1CCCN1/N=C/[C@H]1C=C(O[Si](C)(C)C(C)(C)C(C)C)CCC1. The molecule has 1 aliphatic heterocycles. The second-order valence-electron chi connectivity index (χ2n) is 9.36. The van der Waals surface area contributed by atoms with Crippen molar-refractivity contribution in [3.63, 3.8) is 0 Å². The largest absolute Gasteiger partial charge is 0.547 e. The van der Waals surface area contributed by atoms with Crippen molar-refractivity contribution in [3.8, 4) is 0 Å². The third-order valence-electron chi connectivity index (χ3n) is 6.85. The van der Waals surface area contributed by atoms with E-state index in [0.717, 1.165) is 19.6 Å². The molecule has 0 aromatic heterocycles. The summed E-state index contributed by atoms with van der Waals surface area (Å²) in [6.45, 7) is 15.9. The summed E-state index contributed by atoms with van der Waals surface area (Å²) < 4.78 is 12.0. The van der Waals surface area contributed by atoms with Crippen LogP contribution in [0, 0.1) is 11.8 Å². The van der Waals surface area contributed by atoms with Gasteiger partial charge in [0.15, 0.2) is 0 Å². The smallest absolute Gasteiger partial charge is 0.250 e. The molecule has 2 atom stereocenters. The molecule has 1 saturated heterocycles. The normalized spacial score (nSPS) is 25.2. The first kappa shape index (κ1) is 21.5. The molecule has 0 aromatic rings. The van der Waals surface area contributed by atoms with E-state index in [4.69, 9.17) is 14.3 Å². The molecular weight excluding hydrogens is 340 g/mol. The van der Waals surface area contributed by atoms with Gasteiger partial charge in [0.25, 0.3) is 8.32 Å². The molecule has 0 amide bonds. The van der Waals surface area contributed by atoms with Crippen molar-refractivity contribution in [1.82, 2.24) is 5.01 Å². The Hall–Kier alpha value is -0.813. The number of ether oxygens (including phenoxy) is 1. The van der Waals surface area contributed by atoms with Crippen molar-refractivity contribution in [3.05, 3.63) is 11.8 Å². The molecule has 1 fully saturated rings. The molecule has 26 heavy (non-hydrogen) atoms. The molecule has 2 aliphatic rings. The predicted molar refractivity (Wildman–Crippen MR) is 113 cm³/mol. The van der Waals surface area contributed by atoms with Gasteiger partial charge in [0.1, 0.15) is 0 Å². The second kappa shape index (κ2) is 8.92. The average molecular weight is 381 g/mol. The van der Waals surface area contributed by atoms with Crippen LogP contribution in [0.2, 0.25) is 18.1 Å². The van der Waals surface area contributed by atoms with Crippen LogP contribution >= 0.6 is 0 Å². The van der Waals surface area contributed by atoms with E-state index in [1.807, 2.05) is 0 Å². The molecule has 150 valence electrons. The van der Waals surface area contributed by atoms with Gasteiger partial charge in [-0.3, -0.25) is 5.01 Å². The molecule has 0 spiro atoms. The van der Waals surface area contributed by atoms with Gasteiger partial charge in [-0.1, -0.05) is 27.7 Å². The lowest BCUT2D eigenvalue weighted by atomic mass is 9.96. The van der Waals surface area contributed by atoms with Crippen molar-refractivity contribution in [2.75, 3.05) is 20.3 Å². The van der Waals surface area contributed by atoms with Crippen LogP contribution in [0.4, 0.5) is 0 Å². The summed E-state index contributed by atoms with van der Waals surface area (Å²) in [4.78, 5) is 0. The molecule has 0 N–H and O–H groups in total. The Morgan fingerprint density at radius 1 is 1.31 bits per heavy atom. The fourth-order valence-electron chi connectivity index (χ4n) is 3.78. The van der Waals surface area contributed by atoms with Crippen LogP contribution < -0.4 is 0 Å². The average Bonchev–Trinajstić information content (AvgIpc) is 3.00. The third-order valence-corrected chi connectivity index (χ3v) is 11.3. The highest BCUT2D eigenvalue weighted by molar-refractivity contribution is 6.74. The molecule has 0 unspecified atom stereocenters. The van der Waals surface area contributed by atoms with Crippen LogP contribution in [0.15, 0.2) is 16.9 Å². The van der Waals surface area contributed by atoms with Gasteiger partial charge in [0.2, 0.25) is 0 Å². The standard InChI is InChI=1S/C21H40N2O2Si/c1-17(2)21(3,4)26(6,7)25-20-12-8-10-18(14-20)15-22-23-13-9-11-19(23)16-24-5/h14-15,17-19H,8-13,16H2,1-7H3/b22-15+/t18-,19+/m1/s1. The zero-order valence-corrected chi connectivity index (χ0v) is 19.0. The van der Waals surface area contributed by atoms with Crippen molar-refractivity contribution in [2.24, 2.45) is 16.9 Å². The third kappa shape index (κ3) is 5.13. The fraction of sp³-hybridized carbons (Fsp3) is 0.857. The first-order chi connectivity index (χ1) is 12.2. The van der Waals surface area contributed by atoms with E-state index in [1.54, 1.807) is 7.11 Å². The molecular formula is C21H40N2O2Si. The molecule has 0 bridgehead atoms. The number of rotatable bonds is 8. The van der Waals surface area contributed by atoms with Crippen LogP contribution in [0.3, 0.4) is 0 Å². The Morgan fingerprint density at radius 2 is 2.04 bits per heavy atom. The fourth-order valence-corrected chi connectivity index (χ4v) is 6.26. The lowest BCUT2D eigenvalue weighted by Gasteiger charge is -2.43. The van der Waals surface area contributed by atoms with Crippen molar-refractivity contribution >= 4 is 14.5 Å². The van der Waals surface area contributed by atoms with E-state index in [-0.39, 0.29) is 5.04 Å². The molecule has 2 rings (SSSR count). The van der Waals surface area contributed by atoms with Crippen molar-refractivity contribution in [2.45, 2.75) is 84.0 Å². The summed E-state index contributed by atoms with van der Waals surface area (Å²) in [5, 5.41) is 7.26. The summed E-state index contributed by atoms with van der Waals surface area (Å²) >= 11 is 0. The van der Waals surface area contributed by atoms with Gasteiger partial charge in [-0.15, -0.1) is 0 Å². The van der Waals surface area contributed by atoms with Crippen LogP contribution in [0.1, 0.15) is 59.8 Å². The Balaban J connectivity index is 2.01. The highest BCUT2D eigenvalue weighted by atomic mass is 28.4. The summed E-state index contributed by atoms with van der Waals surface area (Å²) in [6, 6.07) is 0.442. The van der Waals surface area contributed by atoms with Gasteiger partial charge >= 0.3 is 0 Å². The molecule has 4 nitrogen and oxygen atoms in total. The monoisotopic (exact) mass is 380 g/mol. The summed E-state index contributed by atoms with van der Waals surface area (Å²) in [6.07, 6.45) is 10.3. The van der Waals surface area contributed by atoms with Crippen LogP contribution in [0.5, 0.6) is 0 Å². The minimum absolute atomic E-state index is 0.248. The van der Waals surface area contributed by atoms with E-state index in [2.05, 4.69) is 58.1 Å². The Bertz CT molecular complexity index is 514. The number of nitrogens with zero attached hydrogens (tertiary/aromatic N) is 2. The van der Waals surface area contributed by atoms with E-state index in [0.29, 0.717) is 17.9 Å². The zero-order valence-electron chi connectivity index (χ0n) is 18.0. The second-order valence-corrected chi connectivity index (χ2v) is 13.9. The lowest BCUT2D eigenvalue weighted by Crippen LogP contribution is -2.45. The molecule has 0 aromatic carbocycles. The van der Waals surface area contributed by atoms with Crippen LogP contribution in [-0.2, 0) is 9.16 Å². The summed E-state index contributed by atoms with van der Waals surface area (Å²) in [5.74, 6) is 2.22. The predicted octanol–water partition coefficient (Wildman–Crippen LogP) is 5.42.